The highest BCUT2D eigenvalue weighted by Gasteiger charge is 2.30. The molecule has 1 aliphatic rings. The van der Waals surface area contributed by atoms with Crippen molar-refractivity contribution in [1.29, 1.82) is 5.26 Å². The standard InChI is InChI=1S/C24H24N4O6/c1-33-20-6-4-16(10-21(20)34-2)12-27-23(31)18-9-15(11-25)3-5-19(18)28(24(27)32)17-7-8-26(13-17)22(30)14-29/h3-6,9-10,17,29H,7-8,12-14H2,1-2H3. The molecule has 2 heterocycles. The van der Waals surface area contributed by atoms with Crippen molar-refractivity contribution in [3.05, 3.63) is 68.4 Å². The van der Waals surface area contributed by atoms with Crippen LogP contribution < -0.4 is 20.7 Å². The summed E-state index contributed by atoms with van der Waals surface area (Å²) in [4.78, 5) is 40.5. The summed E-state index contributed by atoms with van der Waals surface area (Å²) in [6.07, 6.45) is 0.495. The number of nitriles is 1. The third-order valence-corrected chi connectivity index (χ3v) is 6.10. The van der Waals surface area contributed by atoms with Gasteiger partial charge in [0.05, 0.1) is 49.3 Å². The van der Waals surface area contributed by atoms with Gasteiger partial charge < -0.3 is 19.5 Å². The number of carbonyl (C=O) groups is 1. The minimum absolute atomic E-state index is 0.0171. The zero-order chi connectivity index (χ0) is 24.4. The van der Waals surface area contributed by atoms with Crippen LogP contribution in [0.15, 0.2) is 46.0 Å². The molecule has 1 fully saturated rings. The molecule has 0 aliphatic carbocycles. The molecule has 1 aromatic heterocycles. The van der Waals surface area contributed by atoms with Crippen LogP contribution in [0, 0.1) is 11.3 Å². The van der Waals surface area contributed by atoms with Gasteiger partial charge in [0, 0.05) is 13.1 Å². The van der Waals surface area contributed by atoms with Crippen molar-refractivity contribution in [3.63, 3.8) is 0 Å². The van der Waals surface area contributed by atoms with Gasteiger partial charge in [0.25, 0.3) is 5.56 Å². The Bertz CT molecular complexity index is 1420. The summed E-state index contributed by atoms with van der Waals surface area (Å²) in [6, 6.07) is 11.4. The van der Waals surface area contributed by atoms with Crippen LogP contribution in [0.4, 0.5) is 0 Å². The SMILES string of the molecule is COc1ccc(Cn2c(=O)c3cc(C#N)ccc3n(C3CCN(C(=O)CO)C3)c2=O)cc1OC. The fourth-order valence-electron chi connectivity index (χ4n) is 4.39. The van der Waals surface area contributed by atoms with Crippen molar-refractivity contribution in [1.82, 2.24) is 14.0 Å². The fourth-order valence-corrected chi connectivity index (χ4v) is 4.39. The van der Waals surface area contributed by atoms with E-state index in [9.17, 15) is 24.8 Å². The molecule has 1 atom stereocenters. The average molecular weight is 464 g/mol. The van der Waals surface area contributed by atoms with Crippen molar-refractivity contribution in [3.8, 4) is 17.6 Å². The van der Waals surface area contributed by atoms with Crippen LogP contribution in [0.2, 0.25) is 0 Å². The molecule has 1 saturated heterocycles. The molecule has 1 aliphatic heterocycles. The molecule has 0 bridgehead atoms. The molecule has 0 spiro atoms. The van der Waals surface area contributed by atoms with Crippen molar-refractivity contribution in [2.45, 2.75) is 19.0 Å². The normalized spacial score (nSPS) is 15.4. The van der Waals surface area contributed by atoms with Gasteiger partial charge in [-0.15, -0.1) is 0 Å². The summed E-state index contributed by atoms with van der Waals surface area (Å²) in [5, 5.41) is 18.8. The number of ether oxygens (including phenoxy) is 2. The Balaban J connectivity index is 1.88. The lowest BCUT2D eigenvalue weighted by Crippen LogP contribution is -2.42. The van der Waals surface area contributed by atoms with Crippen LogP contribution in [0.3, 0.4) is 0 Å². The van der Waals surface area contributed by atoms with E-state index in [0.29, 0.717) is 41.1 Å². The van der Waals surface area contributed by atoms with E-state index in [1.807, 2.05) is 6.07 Å². The summed E-state index contributed by atoms with van der Waals surface area (Å²) >= 11 is 0. The number of amides is 1. The van der Waals surface area contributed by atoms with Gasteiger partial charge in [-0.3, -0.25) is 18.7 Å². The van der Waals surface area contributed by atoms with Gasteiger partial charge >= 0.3 is 5.69 Å². The Morgan fingerprint density at radius 2 is 1.91 bits per heavy atom. The Kier molecular flexibility index (Phi) is 6.38. The summed E-state index contributed by atoms with van der Waals surface area (Å²) < 4.78 is 13.2. The molecule has 3 aromatic rings. The number of aliphatic hydroxyl groups excluding tert-OH is 1. The second-order valence-electron chi connectivity index (χ2n) is 8.02. The van der Waals surface area contributed by atoms with Crippen LogP contribution in [0.25, 0.3) is 10.9 Å². The number of hydrogen-bond donors (Lipinski definition) is 1. The van der Waals surface area contributed by atoms with E-state index in [4.69, 9.17) is 9.47 Å². The monoisotopic (exact) mass is 464 g/mol. The van der Waals surface area contributed by atoms with Crippen molar-refractivity contribution >= 4 is 16.8 Å². The molecule has 0 radical (unpaired) electrons. The Morgan fingerprint density at radius 3 is 2.59 bits per heavy atom. The number of rotatable bonds is 6. The highest BCUT2D eigenvalue weighted by molar-refractivity contribution is 5.80. The van der Waals surface area contributed by atoms with E-state index < -0.39 is 23.8 Å². The summed E-state index contributed by atoms with van der Waals surface area (Å²) in [6.45, 7) is 0.00941. The lowest BCUT2D eigenvalue weighted by molar-refractivity contribution is -0.133. The van der Waals surface area contributed by atoms with Gasteiger partial charge in [-0.1, -0.05) is 6.07 Å². The van der Waals surface area contributed by atoms with Gasteiger partial charge in [0.2, 0.25) is 5.91 Å². The minimum Gasteiger partial charge on any atom is -0.493 e. The number of fused-ring (bicyclic) bond motifs is 1. The van der Waals surface area contributed by atoms with E-state index in [1.54, 1.807) is 30.3 Å². The van der Waals surface area contributed by atoms with Gasteiger partial charge in [-0.05, 0) is 42.3 Å². The lowest BCUT2D eigenvalue weighted by atomic mass is 10.1. The topological polar surface area (TPSA) is 127 Å². The quantitative estimate of drug-likeness (QED) is 0.573. The first-order chi connectivity index (χ1) is 16.4. The zero-order valence-corrected chi connectivity index (χ0v) is 18.9. The highest BCUT2D eigenvalue weighted by atomic mass is 16.5. The molecular formula is C24H24N4O6. The van der Waals surface area contributed by atoms with E-state index in [0.717, 1.165) is 4.57 Å². The predicted molar refractivity (Wildman–Crippen MR) is 123 cm³/mol. The number of benzene rings is 2. The molecule has 1 amide bonds. The number of nitrogens with zero attached hydrogens (tertiary/aromatic N) is 4. The maximum absolute atomic E-state index is 13.6. The van der Waals surface area contributed by atoms with E-state index >= 15 is 0 Å². The van der Waals surface area contributed by atoms with Crippen molar-refractivity contribution in [2.75, 3.05) is 33.9 Å². The Hall–Kier alpha value is -4.10. The van der Waals surface area contributed by atoms with E-state index in [2.05, 4.69) is 0 Å². The Labute approximate surface area is 194 Å². The van der Waals surface area contributed by atoms with Crippen LogP contribution in [0.1, 0.15) is 23.6 Å². The van der Waals surface area contributed by atoms with Gasteiger partial charge in [0.15, 0.2) is 11.5 Å². The number of likely N-dealkylation sites (tertiary alicyclic amines) is 1. The van der Waals surface area contributed by atoms with Crippen LogP contribution in [-0.2, 0) is 11.3 Å². The van der Waals surface area contributed by atoms with Gasteiger partial charge in [0.1, 0.15) is 6.61 Å². The maximum Gasteiger partial charge on any atom is 0.332 e. The molecular weight excluding hydrogens is 440 g/mol. The Morgan fingerprint density at radius 1 is 1.15 bits per heavy atom. The second-order valence-corrected chi connectivity index (χ2v) is 8.02. The number of aromatic nitrogens is 2. The largest absolute Gasteiger partial charge is 0.493 e. The first-order valence-corrected chi connectivity index (χ1v) is 10.7. The molecule has 10 nitrogen and oxygen atoms in total. The molecule has 4 rings (SSSR count). The molecule has 1 unspecified atom stereocenters. The van der Waals surface area contributed by atoms with Gasteiger partial charge in [-0.25, -0.2) is 4.79 Å². The third kappa shape index (κ3) is 4.02. The third-order valence-electron chi connectivity index (χ3n) is 6.10. The second kappa shape index (κ2) is 9.41. The van der Waals surface area contributed by atoms with Crippen LogP contribution >= 0.6 is 0 Å². The predicted octanol–water partition coefficient (Wildman–Crippen LogP) is 0.866. The van der Waals surface area contributed by atoms with Crippen molar-refractivity contribution < 1.29 is 19.4 Å². The summed E-state index contributed by atoms with van der Waals surface area (Å²) in [5.41, 5.74) is 0.337. The van der Waals surface area contributed by atoms with Crippen molar-refractivity contribution in [2.24, 2.45) is 0 Å². The van der Waals surface area contributed by atoms with E-state index in [-0.39, 0.29) is 24.5 Å². The van der Waals surface area contributed by atoms with Crippen LogP contribution in [0.5, 0.6) is 11.5 Å². The minimum atomic E-state index is -0.604. The lowest BCUT2D eigenvalue weighted by Gasteiger charge is -2.20. The molecule has 1 N–H and O–H groups in total. The number of aliphatic hydroxyl groups is 1. The highest BCUT2D eigenvalue weighted by Crippen LogP contribution is 2.28. The van der Waals surface area contributed by atoms with E-state index in [1.165, 1.54) is 29.8 Å². The number of carbonyl (C=O) groups excluding carboxylic acids is 1. The van der Waals surface area contributed by atoms with Crippen LogP contribution in [-0.4, -0.2) is 59.0 Å². The number of methoxy groups -OCH3 is 2. The fraction of sp³-hybridized carbons (Fsp3) is 0.333. The van der Waals surface area contributed by atoms with Gasteiger partial charge in [-0.2, -0.15) is 5.26 Å². The molecule has 0 saturated carbocycles. The molecule has 2 aromatic carbocycles. The summed E-state index contributed by atoms with van der Waals surface area (Å²) in [7, 11) is 3.02. The maximum atomic E-state index is 13.6. The molecule has 176 valence electrons. The number of hydrogen-bond acceptors (Lipinski definition) is 7. The smallest absolute Gasteiger partial charge is 0.332 e. The first kappa shape index (κ1) is 23.1. The molecule has 34 heavy (non-hydrogen) atoms. The first-order valence-electron chi connectivity index (χ1n) is 10.7. The average Bonchev–Trinajstić information content (AvgIpc) is 3.35. The summed E-state index contributed by atoms with van der Waals surface area (Å²) in [5.74, 6) is 0.577. The molecule has 10 heteroatoms. The zero-order valence-electron chi connectivity index (χ0n) is 18.9.